The highest BCUT2D eigenvalue weighted by Crippen LogP contribution is 2.18. The topological polar surface area (TPSA) is 78.9 Å². The number of aliphatic carboxylic acids is 1. The molecule has 0 aromatic heterocycles. The van der Waals surface area contributed by atoms with Gasteiger partial charge >= 0.3 is 12.0 Å². The number of carbonyl (C=O) groups excluding carboxylic acids is 1. The summed E-state index contributed by atoms with van der Waals surface area (Å²) in [6.45, 7) is 4.61. The summed E-state index contributed by atoms with van der Waals surface area (Å²) in [5, 5.41) is 11.2. The maximum atomic E-state index is 11.4. The highest BCUT2D eigenvalue weighted by Gasteiger charge is 2.31. The summed E-state index contributed by atoms with van der Waals surface area (Å²) in [4.78, 5) is 23.4. The van der Waals surface area contributed by atoms with Gasteiger partial charge in [-0.3, -0.25) is 4.79 Å². The maximum absolute atomic E-state index is 11.4. The third-order valence-electron chi connectivity index (χ3n) is 2.43. The Morgan fingerprint density at radius 3 is 2.75 bits per heavy atom. The fourth-order valence-electron chi connectivity index (χ4n) is 1.60. The predicted octanol–water partition coefficient (Wildman–Crippen LogP) is 0.139. The van der Waals surface area contributed by atoms with Gasteiger partial charge in [-0.05, 0) is 6.92 Å². The first-order valence-electron chi connectivity index (χ1n) is 5.45. The molecule has 0 saturated carbocycles. The lowest BCUT2D eigenvalue weighted by molar-refractivity contribution is -0.139. The van der Waals surface area contributed by atoms with Gasteiger partial charge in [-0.25, -0.2) is 4.79 Å². The van der Waals surface area contributed by atoms with E-state index in [-0.39, 0.29) is 18.4 Å². The lowest BCUT2D eigenvalue weighted by atomic mass is 9.97. The third kappa shape index (κ3) is 4.06. The smallest absolute Gasteiger partial charge is 0.317 e. The Hall–Kier alpha value is -1.30. The Balaban J connectivity index is 2.05. The fraction of sp³-hybridized carbons (Fsp3) is 0.800. The molecule has 2 amide bonds. The molecule has 0 aromatic carbocycles. The standard InChI is InChI=1S/C10H18N2O4/c1-2-16-4-3-11-10(15)12-6-8(7-12)5-9(13)14/h8H,2-7H2,1H3,(H,11,15)(H,13,14). The van der Waals surface area contributed by atoms with Crippen molar-refractivity contribution in [3.8, 4) is 0 Å². The number of likely N-dealkylation sites (tertiary alicyclic amines) is 1. The van der Waals surface area contributed by atoms with Crippen LogP contribution in [0.1, 0.15) is 13.3 Å². The number of hydrogen-bond donors (Lipinski definition) is 2. The van der Waals surface area contributed by atoms with Gasteiger partial charge in [-0.15, -0.1) is 0 Å². The molecule has 1 saturated heterocycles. The van der Waals surface area contributed by atoms with E-state index in [1.165, 1.54) is 0 Å². The Morgan fingerprint density at radius 2 is 2.19 bits per heavy atom. The van der Waals surface area contributed by atoms with Crippen LogP contribution in [0.5, 0.6) is 0 Å². The van der Waals surface area contributed by atoms with Gasteiger partial charge < -0.3 is 20.1 Å². The van der Waals surface area contributed by atoms with Crippen molar-refractivity contribution >= 4 is 12.0 Å². The summed E-state index contributed by atoms with van der Waals surface area (Å²) in [7, 11) is 0. The molecule has 1 rings (SSSR count). The summed E-state index contributed by atoms with van der Waals surface area (Å²) >= 11 is 0. The van der Waals surface area contributed by atoms with Gasteiger partial charge in [0, 0.05) is 32.2 Å². The van der Waals surface area contributed by atoms with Gasteiger partial charge in [0.1, 0.15) is 0 Å². The van der Waals surface area contributed by atoms with Gasteiger partial charge in [0.15, 0.2) is 0 Å². The first-order valence-corrected chi connectivity index (χ1v) is 5.45. The van der Waals surface area contributed by atoms with Crippen LogP contribution in [-0.4, -0.2) is 54.9 Å². The van der Waals surface area contributed by atoms with Gasteiger partial charge in [0.25, 0.3) is 0 Å². The Labute approximate surface area is 94.6 Å². The molecule has 1 aliphatic rings. The monoisotopic (exact) mass is 230 g/mol. The van der Waals surface area contributed by atoms with Crippen molar-refractivity contribution in [2.24, 2.45) is 5.92 Å². The van der Waals surface area contributed by atoms with Crippen LogP contribution < -0.4 is 5.32 Å². The number of carbonyl (C=O) groups is 2. The van der Waals surface area contributed by atoms with E-state index in [0.29, 0.717) is 32.8 Å². The molecule has 1 fully saturated rings. The average molecular weight is 230 g/mol. The second kappa shape index (κ2) is 6.32. The zero-order valence-electron chi connectivity index (χ0n) is 9.44. The van der Waals surface area contributed by atoms with E-state index >= 15 is 0 Å². The van der Waals surface area contributed by atoms with Crippen molar-refractivity contribution in [3.63, 3.8) is 0 Å². The van der Waals surface area contributed by atoms with E-state index < -0.39 is 5.97 Å². The summed E-state index contributed by atoms with van der Waals surface area (Å²) < 4.78 is 5.08. The van der Waals surface area contributed by atoms with Crippen LogP contribution in [0.4, 0.5) is 4.79 Å². The molecular formula is C10H18N2O4. The van der Waals surface area contributed by atoms with Crippen molar-refractivity contribution in [2.75, 3.05) is 32.8 Å². The number of carboxylic acids is 1. The van der Waals surface area contributed by atoms with Gasteiger partial charge in [-0.2, -0.15) is 0 Å². The largest absolute Gasteiger partial charge is 0.481 e. The molecule has 16 heavy (non-hydrogen) atoms. The number of ether oxygens (including phenoxy) is 1. The molecule has 0 aromatic rings. The van der Waals surface area contributed by atoms with E-state index in [0.717, 1.165) is 0 Å². The Kier molecular flexibility index (Phi) is 5.04. The number of nitrogens with one attached hydrogen (secondary N) is 1. The van der Waals surface area contributed by atoms with Gasteiger partial charge in [0.05, 0.1) is 13.0 Å². The fourth-order valence-corrected chi connectivity index (χ4v) is 1.60. The lowest BCUT2D eigenvalue weighted by Crippen LogP contribution is -2.54. The van der Waals surface area contributed by atoms with Gasteiger partial charge in [-0.1, -0.05) is 0 Å². The zero-order chi connectivity index (χ0) is 12.0. The van der Waals surface area contributed by atoms with Crippen molar-refractivity contribution in [1.29, 1.82) is 0 Å². The van der Waals surface area contributed by atoms with Crippen molar-refractivity contribution in [2.45, 2.75) is 13.3 Å². The van der Waals surface area contributed by atoms with E-state index in [1.807, 2.05) is 6.92 Å². The van der Waals surface area contributed by atoms with Crippen molar-refractivity contribution < 1.29 is 19.4 Å². The van der Waals surface area contributed by atoms with E-state index in [2.05, 4.69) is 5.32 Å². The number of urea groups is 1. The second-order valence-corrected chi connectivity index (χ2v) is 3.80. The summed E-state index contributed by atoms with van der Waals surface area (Å²) in [5.74, 6) is -0.698. The molecule has 0 unspecified atom stereocenters. The van der Waals surface area contributed by atoms with Crippen LogP contribution in [0.3, 0.4) is 0 Å². The molecule has 0 bridgehead atoms. The SMILES string of the molecule is CCOCCNC(=O)N1CC(CC(=O)O)C1. The van der Waals surface area contributed by atoms with E-state index in [9.17, 15) is 9.59 Å². The summed E-state index contributed by atoms with van der Waals surface area (Å²) in [6.07, 6.45) is 0.142. The minimum Gasteiger partial charge on any atom is -0.481 e. The zero-order valence-corrected chi connectivity index (χ0v) is 9.44. The normalized spacial score (nSPS) is 15.7. The van der Waals surface area contributed by atoms with Crippen LogP contribution in [-0.2, 0) is 9.53 Å². The summed E-state index contributed by atoms with van der Waals surface area (Å²) in [5.41, 5.74) is 0. The molecular weight excluding hydrogens is 212 g/mol. The molecule has 0 spiro atoms. The highest BCUT2D eigenvalue weighted by atomic mass is 16.5. The first kappa shape index (κ1) is 12.8. The number of rotatable bonds is 6. The van der Waals surface area contributed by atoms with Crippen LogP contribution in [0.15, 0.2) is 0 Å². The first-order chi connectivity index (χ1) is 7.63. The molecule has 92 valence electrons. The van der Waals surface area contributed by atoms with Gasteiger partial charge in [0.2, 0.25) is 0 Å². The van der Waals surface area contributed by atoms with E-state index in [1.54, 1.807) is 4.90 Å². The van der Waals surface area contributed by atoms with E-state index in [4.69, 9.17) is 9.84 Å². The molecule has 6 heteroatoms. The molecule has 6 nitrogen and oxygen atoms in total. The third-order valence-corrected chi connectivity index (χ3v) is 2.43. The molecule has 1 aliphatic heterocycles. The van der Waals surface area contributed by atoms with Crippen LogP contribution in [0.25, 0.3) is 0 Å². The molecule has 0 atom stereocenters. The summed E-state index contributed by atoms with van der Waals surface area (Å²) in [6, 6.07) is -0.138. The second-order valence-electron chi connectivity index (χ2n) is 3.80. The maximum Gasteiger partial charge on any atom is 0.317 e. The minimum atomic E-state index is -0.804. The van der Waals surface area contributed by atoms with Crippen LogP contribution in [0.2, 0.25) is 0 Å². The van der Waals surface area contributed by atoms with Crippen molar-refractivity contribution in [1.82, 2.24) is 10.2 Å². The Morgan fingerprint density at radius 1 is 1.50 bits per heavy atom. The Bertz CT molecular complexity index is 251. The van der Waals surface area contributed by atoms with Crippen LogP contribution in [0, 0.1) is 5.92 Å². The number of hydrogen-bond acceptors (Lipinski definition) is 3. The molecule has 1 heterocycles. The number of nitrogens with zero attached hydrogens (tertiary/aromatic N) is 1. The van der Waals surface area contributed by atoms with Crippen LogP contribution >= 0.6 is 0 Å². The molecule has 0 radical (unpaired) electrons. The number of amides is 2. The molecule has 2 N–H and O–H groups in total. The van der Waals surface area contributed by atoms with Crippen molar-refractivity contribution in [3.05, 3.63) is 0 Å². The number of carboxylic acid groups (broad SMARTS) is 1. The molecule has 0 aliphatic carbocycles. The highest BCUT2D eigenvalue weighted by molar-refractivity contribution is 5.75. The predicted molar refractivity (Wildman–Crippen MR) is 57.2 cm³/mol. The quantitative estimate of drug-likeness (QED) is 0.636. The minimum absolute atomic E-state index is 0.107. The average Bonchev–Trinajstić information content (AvgIpc) is 2.17. The lowest BCUT2D eigenvalue weighted by Gasteiger charge is -2.38.